The minimum Gasteiger partial charge on any atom is -0.481 e. The molecule has 1 N–H and O–H groups in total. The third kappa shape index (κ3) is 2.68. The highest BCUT2D eigenvalue weighted by Gasteiger charge is 2.41. The summed E-state index contributed by atoms with van der Waals surface area (Å²) in [5, 5.41) is 11.5. The zero-order valence-corrected chi connectivity index (χ0v) is 11.0. The predicted octanol–water partition coefficient (Wildman–Crippen LogP) is 3.36. The SMILES string of the molecule is CCC1CCC(Cc2cscn2)(C(=O)O)CC1. The second kappa shape index (κ2) is 5.17. The lowest BCUT2D eigenvalue weighted by molar-refractivity contribution is -0.151. The first-order valence-electron chi connectivity index (χ1n) is 6.27. The fraction of sp³-hybridized carbons (Fsp3) is 0.692. The van der Waals surface area contributed by atoms with E-state index in [-0.39, 0.29) is 0 Å². The lowest BCUT2D eigenvalue weighted by atomic mass is 9.67. The fourth-order valence-corrected chi connectivity index (χ4v) is 3.33. The Morgan fingerprint density at radius 3 is 2.76 bits per heavy atom. The van der Waals surface area contributed by atoms with Crippen molar-refractivity contribution in [3.63, 3.8) is 0 Å². The van der Waals surface area contributed by atoms with E-state index < -0.39 is 11.4 Å². The van der Waals surface area contributed by atoms with Crippen LogP contribution in [0.3, 0.4) is 0 Å². The maximum atomic E-state index is 11.6. The van der Waals surface area contributed by atoms with Crippen molar-refractivity contribution in [2.75, 3.05) is 0 Å². The van der Waals surface area contributed by atoms with Gasteiger partial charge in [-0.3, -0.25) is 4.79 Å². The van der Waals surface area contributed by atoms with Gasteiger partial charge >= 0.3 is 5.97 Å². The summed E-state index contributed by atoms with van der Waals surface area (Å²) in [5.41, 5.74) is 2.16. The Kier molecular flexibility index (Phi) is 3.82. The van der Waals surface area contributed by atoms with Crippen LogP contribution < -0.4 is 0 Å². The van der Waals surface area contributed by atoms with E-state index in [1.807, 2.05) is 5.38 Å². The number of rotatable bonds is 4. The topological polar surface area (TPSA) is 50.2 Å². The first-order valence-corrected chi connectivity index (χ1v) is 7.21. The molecule has 0 unspecified atom stereocenters. The van der Waals surface area contributed by atoms with Gasteiger partial charge in [0.1, 0.15) is 0 Å². The standard InChI is InChI=1S/C13H19NO2S/c1-2-10-3-5-13(6-4-10,12(15)16)7-11-8-17-9-14-11/h8-10H,2-7H2,1H3,(H,15,16). The monoisotopic (exact) mass is 253 g/mol. The number of carboxylic acid groups (broad SMARTS) is 1. The summed E-state index contributed by atoms with van der Waals surface area (Å²) in [6, 6.07) is 0. The van der Waals surface area contributed by atoms with Crippen LogP contribution in [0, 0.1) is 11.3 Å². The van der Waals surface area contributed by atoms with Crippen LogP contribution in [0.1, 0.15) is 44.7 Å². The number of aromatic nitrogens is 1. The molecule has 0 spiro atoms. The molecule has 1 aliphatic carbocycles. The Balaban J connectivity index is 2.09. The molecule has 4 heteroatoms. The van der Waals surface area contributed by atoms with Crippen LogP contribution in [0.4, 0.5) is 0 Å². The van der Waals surface area contributed by atoms with Crippen LogP contribution in [0.15, 0.2) is 10.9 Å². The molecule has 1 aromatic heterocycles. The molecule has 1 heterocycles. The van der Waals surface area contributed by atoms with Gasteiger partial charge in [-0.05, 0) is 31.6 Å². The van der Waals surface area contributed by atoms with Crippen molar-refractivity contribution in [3.8, 4) is 0 Å². The van der Waals surface area contributed by atoms with Gasteiger partial charge in [-0.1, -0.05) is 13.3 Å². The van der Waals surface area contributed by atoms with Gasteiger partial charge in [-0.2, -0.15) is 0 Å². The summed E-state index contributed by atoms with van der Waals surface area (Å²) in [6.07, 6.45) is 5.48. The smallest absolute Gasteiger partial charge is 0.310 e. The average molecular weight is 253 g/mol. The van der Waals surface area contributed by atoms with Crippen LogP contribution in [0.25, 0.3) is 0 Å². The van der Waals surface area contributed by atoms with Gasteiger partial charge in [0, 0.05) is 11.8 Å². The third-order valence-corrected chi connectivity index (χ3v) is 4.73. The molecule has 0 saturated heterocycles. The maximum Gasteiger partial charge on any atom is 0.310 e. The van der Waals surface area contributed by atoms with E-state index in [1.54, 1.807) is 5.51 Å². The normalized spacial score (nSPS) is 29.1. The van der Waals surface area contributed by atoms with E-state index in [9.17, 15) is 9.90 Å². The minimum atomic E-state index is -0.639. The molecule has 0 bridgehead atoms. The Hall–Kier alpha value is -0.900. The van der Waals surface area contributed by atoms with Crippen LogP contribution in [-0.2, 0) is 11.2 Å². The Morgan fingerprint density at radius 2 is 2.29 bits per heavy atom. The molecule has 0 radical (unpaired) electrons. The summed E-state index contributed by atoms with van der Waals surface area (Å²) in [4.78, 5) is 15.8. The van der Waals surface area contributed by atoms with Crippen LogP contribution >= 0.6 is 11.3 Å². The largest absolute Gasteiger partial charge is 0.481 e. The van der Waals surface area contributed by atoms with Crippen LogP contribution in [0.5, 0.6) is 0 Å². The molecule has 3 nitrogen and oxygen atoms in total. The van der Waals surface area contributed by atoms with Crippen molar-refractivity contribution in [2.45, 2.75) is 45.4 Å². The van der Waals surface area contributed by atoms with Crippen molar-refractivity contribution in [2.24, 2.45) is 11.3 Å². The van der Waals surface area contributed by atoms with E-state index in [2.05, 4.69) is 11.9 Å². The highest BCUT2D eigenvalue weighted by molar-refractivity contribution is 7.07. The fourth-order valence-electron chi connectivity index (χ4n) is 2.78. The number of hydrogen-bond acceptors (Lipinski definition) is 3. The van der Waals surface area contributed by atoms with Crippen molar-refractivity contribution in [1.29, 1.82) is 0 Å². The third-order valence-electron chi connectivity index (χ3n) is 4.10. The molecule has 0 aliphatic heterocycles. The van der Waals surface area contributed by atoms with E-state index in [1.165, 1.54) is 17.8 Å². The number of thiazole rings is 1. The summed E-state index contributed by atoms with van der Waals surface area (Å²) in [7, 11) is 0. The van der Waals surface area contributed by atoms with Crippen LogP contribution in [-0.4, -0.2) is 16.1 Å². The zero-order chi connectivity index (χ0) is 12.3. The van der Waals surface area contributed by atoms with Gasteiger partial charge in [-0.25, -0.2) is 4.98 Å². The summed E-state index contributed by atoms with van der Waals surface area (Å²) in [5.74, 6) is 0.0814. The van der Waals surface area contributed by atoms with Crippen molar-refractivity contribution in [1.82, 2.24) is 4.98 Å². The van der Waals surface area contributed by atoms with E-state index in [4.69, 9.17) is 0 Å². The van der Waals surface area contributed by atoms with Gasteiger partial charge in [-0.15, -0.1) is 11.3 Å². The maximum absolute atomic E-state index is 11.6. The molecular formula is C13H19NO2S. The predicted molar refractivity (Wildman–Crippen MR) is 68.1 cm³/mol. The molecule has 1 fully saturated rings. The molecule has 0 atom stereocenters. The molecule has 1 aromatic rings. The quantitative estimate of drug-likeness (QED) is 0.895. The summed E-state index contributed by atoms with van der Waals surface area (Å²) >= 11 is 1.54. The zero-order valence-electron chi connectivity index (χ0n) is 10.2. The molecular weight excluding hydrogens is 234 g/mol. The minimum absolute atomic E-state index is 0.556. The number of carboxylic acids is 1. The van der Waals surface area contributed by atoms with Gasteiger partial charge in [0.2, 0.25) is 0 Å². The molecule has 0 amide bonds. The highest BCUT2D eigenvalue weighted by Crippen LogP contribution is 2.42. The van der Waals surface area contributed by atoms with Crippen LogP contribution in [0.2, 0.25) is 0 Å². The van der Waals surface area contributed by atoms with Gasteiger partial charge in [0.05, 0.1) is 16.6 Å². The van der Waals surface area contributed by atoms with E-state index in [0.717, 1.165) is 37.3 Å². The second-order valence-corrected chi connectivity index (χ2v) is 5.81. The molecule has 2 rings (SSSR count). The Labute approximate surface area is 106 Å². The summed E-state index contributed by atoms with van der Waals surface area (Å²) < 4.78 is 0. The number of aliphatic carboxylic acids is 1. The number of hydrogen-bond donors (Lipinski definition) is 1. The lowest BCUT2D eigenvalue weighted by Gasteiger charge is -2.36. The van der Waals surface area contributed by atoms with Gasteiger partial charge in [0.25, 0.3) is 0 Å². The first-order chi connectivity index (χ1) is 8.16. The van der Waals surface area contributed by atoms with Crippen molar-refractivity contribution in [3.05, 3.63) is 16.6 Å². The van der Waals surface area contributed by atoms with Crippen molar-refractivity contribution < 1.29 is 9.90 Å². The molecule has 1 saturated carbocycles. The molecule has 94 valence electrons. The number of carbonyl (C=O) groups is 1. The van der Waals surface area contributed by atoms with Gasteiger partial charge in [0.15, 0.2) is 0 Å². The van der Waals surface area contributed by atoms with E-state index in [0.29, 0.717) is 6.42 Å². The molecule has 0 aromatic carbocycles. The van der Waals surface area contributed by atoms with Gasteiger partial charge < -0.3 is 5.11 Å². The second-order valence-electron chi connectivity index (χ2n) is 5.09. The molecule has 17 heavy (non-hydrogen) atoms. The highest BCUT2D eigenvalue weighted by atomic mass is 32.1. The van der Waals surface area contributed by atoms with Crippen molar-refractivity contribution >= 4 is 17.3 Å². The molecule has 1 aliphatic rings. The lowest BCUT2D eigenvalue weighted by Crippen LogP contribution is -2.37. The average Bonchev–Trinajstić information content (AvgIpc) is 2.82. The first kappa shape index (κ1) is 12.6. The summed E-state index contributed by atoms with van der Waals surface area (Å²) in [6.45, 7) is 2.19. The Morgan fingerprint density at radius 1 is 1.59 bits per heavy atom. The van der Waals surface area contributed by atoms with E-state index >= 15 is 0 Å². The number of nitrogens with zero attached hydrogens (tertiary/aromatic N) is 1. The Bertz CT molecular complexity index is 367.